The highest BCUT2D eigenvalue weighted by molar-refractivity contribution is 6.21. The zero-order chi connectivity index (χ0) is 14.8. The third kappa shape index (κ3) is 2.91. The van der Waals surface area contributed by atoms with Crippen LogP contribution < -0.4 is 0 Å². The Bertz CT molecular complexity index is 783. The Balaban J connectivity index is 1.89. The quantitative estimate of drug-likeness (QED) is 0.549. The molecule has 3 aromatic carbocycles. The zero-order valence-corrected chi connectivity index (χ0v) is 11.9. The summed E-state index contributed by atoms with van der Waals surface area (Å²) in [6.45, 7) is 0. The van der Waals surface area contributed by atoms with Crippen molar-refractivity contribution in [3.05, 3.63) is 83.4 Å². The number of halogens is 3. The summed E-state index contributed by atoms with van der Waals surface area (Å²) in [6, 6.07) is 18.0. The fourth-order valence-electron chi connectivity index (χ4n) is 2.42. The predicted molar refractivity (Wildman–Crippen MR) is 82.6 cm³/mol. The zero-order valence-electron chi connectivity index (χ0n) is 11.2. The largest absolute Gasteiger partial charge is 0.204 e. The Hall–Kier alpha value is -1.93. The van der Waals surface area contributed by atoms with Crippen molar-refractivity contribution in [2.24, 2.45) is 0 Å². The van der Waals surface area contributed by atoms with Gasteiger partial charge in [0.15, 0.2) is 11.6 Å². The van der Waals surface area contributed by atoms with Gasteiger partial charge in [-0.05, 0) is 40.5 Å². The van der Waals surface area contributed by atoms with Crippen LogP contribution in [0.1, 0.15) is 16.5 Å². The molecule has 21 heavy (non-hydrogen) atoms. The highest BCUT2D eigenvalue weighted by Gasteiger charge is 2.14. The molecule has 0 amide bonds. The first-order chi connectivity index (χ1) is 10.1. The number of alkyl halides is 1. The minimum absolute atomic E-state index is 0.253. The summed E-state index contributed by atoms with van der Waals surface area (Å²) in [4.78, 5) is 0. The first-order valence-electron chi connectivity index (χ1n) is 6.71. The molecule has 3 aromatic rings. The van der Waals surface area contributed by atoms with E-state index < -0.39 is 17.0 Å². The van der Waals surface area contributed by atoms with E-state index in [0.717, 1.165) is 22.4 Å². The Morgan fingerprint density at radius 3 is 2.43 bits per heavy atom. The molecular weight excluding hydrogens is 290 g/mol. The fraction of sp³-hybridized carbons (Fsp3) is 0.111. The van der Waals surface area contributed by atoms with Crippen molar-refractivity contribution >= 4 is 22.4 Å². The summed E-state index contributed by atoms with van der Waals surface area (Å²) in [6.07, 6.45) is 0.253. The molecule has 1 unspecified atom stereocenters. The first kappa shape index (κ1) is 14.0. The van der Waals surface area contributed by atoms with Crippen molar-refractivity contribution < 1.29 is 8.78 Å². The van der Waals surface area contributed by atoms with Gasteiger partial charge in [0.05, 0.1) is 5.38 Å². The van der Waals surface area contributed by atoms with Gasteiger partial charge in [0.25, 0.3) is 0 Å². The number of rotatable bonds is 3. The monoisotopic (exact) mass is 302 g/mol. The van der Waals surface area contributed by atoms with Gasteiger partial charge in [0, 0.05) is 0 Å². The molecule has 0 heterocycles. The SMILES string of the molecule is Fc1cccc(CC(Cl)c2ccc3ccccc3c2)c1F. The molecule has 3 rings (SSSR count). The minimum atomic E-state index is -0.838. The minimum Gasteiger partial charge on any atom is -0.204 e. The van der Waals surface area contributed by atoms with E-state index in [2.05, 4.69) is 0 Å². The van der Waals surface area contributed by atoms with Crippen molar-refractivity contribution in [2.75, 3.05) is 0 Å². The summed E-state index contributed by atoms with van der Waals surface area (Å²) >= 11 is 6.38. The van der Waals surface area contributed by atoms with Gasteiger partial charge in [-0.1, -0.05) is 48.5 Å². The van der Waals surface area contributed by atoms with E-state index >= 15 is 0 Å². The van der Waals surface area contributed by atoms with E-state index in [9.17, 15) is 8.78 Å². The summed E-state index contributed by atoms with van der Waals surface area (Å²) in [5, 5.41) is 1.81. The van der Waals surface area contributed by atoms with Gasteiger partial charge in [-0.15, -0.1) is 11.6 Å². The molecule has 106 valence electrons. The Kier molecular flexibility index (Phi) is 3.89. The summed E-state index contributed by atoms with van der Waals surface area (Å²) in [5.41, 5.74) is 1.20. The van der Waals surface area contributed by atoms with Crippen LogP contribution in [-0.2, 0) is 6.42 Å². The van der Waals surface area contributed by atoms with E-state index in [4.69, 9.17) is 11.6 Å². The number of hydrogen-bond donors (Lipinski definition) is 0. The second-order valence-corrected chi connectivity index (χ2v) is 5.52. The van der Waals surface area contributed by atoms with Crippen LogP contribution in [0.25, 0.3) is 10.8 Å². The molecule has 0 aliphatic heterocycles. The lowest BCUT2D eigenvalue weighted by Gasteiger charge is -2.12. The molecule has 0 saturated heterocycles. The van der Waals surface area contributed by atoms with Crippen molar-refractivity contribution in [1.29, 1.82) is 0 Å². The second kappa shape index (κ2) is 5.82. The second-order valence-electron chi connectivity index (χ2n) is 4.99. The molecule has 0 aliphatic carbocycles. The topological polar surface area (TPSA) is 0 Å². The lowest BCUT2D eigenvalue weighted by Crippen LogP contribution is -2.00. The van der Waals surface area contributed by atoms with Crippen molar-refractivity contribution in [1.82, 2.24) is 0 Å². The van der Waals surface area contributed by atoms with Crippen LogP contribution in [0.4, 0.5) is 8.78 Å². The van der Waals surface area contributed by atoms with Crippen molar-refractivity contribution in [2.45, 2.75) is 11.8 Å². The third-order valence-corrected chi connectivity index (χ3v) is 3.97. The molecule has 0 fully saturated rings. The van der Waals surface area contributed by atoms with E-state index in [1.54, 1.807) is 6.07 Å². The van der Waals surface area contributed by atoms with E-state index in [1.807, 2.05) is 42.5 Å². The maximum atomic E-state index is 13.7. The Morgan fingerprint density at radius 1 is 0.857 bits per heavy atom. The Labute approximate surface area is 127 Å². The maximum Gasteiger partial charge on any atom is 0.162 e. The maximum absolute atomic E-state index is 13.7. The molecule has 0 radical (unpaired) electrons. The van der Waals surface area contributed by atoms with Crippen LogP contribution in [0.3, 0.4) is 0 Å². The van der Waals surface area contributed by atoms with E-state index in [0.29, 0.717) is 5.56 Å². The molecule has 0 aliphatic rings. The number of hydrogen-bond acceptors (Lipinski definition) is 0. The number of fused-ring (bicyclic) bond motifs is 1. The van der Waals surface area contributed by atoms with Gasteiger partial charge in [-0.25, -0.2) is 8.78 Å². The average molecular weight is 303 g/mol. The van der Waals surface area contributed by atoms with E-state index in [1.165, 1.54) is 6.07 Å². The highest BCUT2D eigenvalue weighted by Crippen LogP contribution is 2.29. The lowest BCUT2D eigenvalue weighted by molar-refractivity contribution is 0.498. The molecule has 1 atom stereocenters. The Morgan fingerprint density at radius 2 is 1.62 bits per heavy atom. The van der Waals surface area contributed by atoms with Gasteiger partial charge in [-0.3, -0.25) is 0 Å². The molecule has 0 aromatic heterocycles. The standard InChI is InChI=1S/C18H13ClF2/c19-16(11-15-6-3-7-17(20)18(15)21)14-9-8-12-4-1-2-5-13(12)10-14/h1-10,16H,11H2. The average Bonchev–Trinajstić information content (AvgIpc) is 2.51. The van der Waals surface area contributed by atoms with Crippen LogP contribution in [0.2, 0.25) is 0 Å². The molecular formula is C18H13ClF2. The third-order valence-electron chi connectivity index (χ3n) is 3.57. The molecule has 0 saturated carbocycles. The summed E-state index contributed by atoms with van der Waals surface area (Å²) in [7, 11) is 0. The summed E-state index contributed by atoms with van der Waals surface area (Å²) in [5.74, 6) is -1.65. The first-order valence-corrected chi connectivity index (χ1v) is 7.14. The highest BCUT2D eigenvalue weighted by atomic mass is 35.5. The van der Waals surface area contributed by atoms with Crippen molar-refractivity contribution in [3.8, 4) is 0 Å². The molecule has 0 nitrogen and oxygen atoms in total. The van der Waals surface area contributed by atoms with Gasteiger partial charge in [-0.2, -0.15) is 0 Å². The predicted octanol–water partition coefficient (Wildman–Crippen LogP) is 5.64. The normalized spacial score (nSPS) is 12.5. The van der Waals surface area contributed by atoms with Gasteiger partial charge >= 0.3 is 0 Å². The fourth-order valence-corrected chi connectivity index (χ4v) is 2.72. The molecule has 3 heteroatoms. The van der Waals surface area contributed by atoms with Gasteiger partial charge in [0.1, 0.15) is 0 Å². The van der Waals surface area contributed by atoms with Crippen LogP contribution >= 0.6 is 11.6 Å². The van der Waals surface area contributed by atoms with Gasteiger partial charge < -0.3 is 0 Å². The van der Waals surface area contributed by atoms with Gasteiger partial charge in [0.2, 0.25) is 0 Å². The van der Waals surface area contributed by atoms with E-state index in [-0.39, 0.29) is 6.42 Å². The van der Waals surface area contributed by atoms with Crippen LogP contribution in [0.5, 0.6) is 0 Å². The van der Waals surface area contributed by atoms with Crippen molar-refractivity contribution in [3.63, 3.8) is 0 Å². The summed E-state index contributed by atoms with van der Waals surface area (Å²) < 4.78 is 26.9. The van der Waals surface area contributed by atoms with Crippen LogP contribution in [-0.4, -0.2) is 0 Å². The van der Waals surface area contributed by atoms with Crippen LogP contribution in [0, 0.1) is 11.6 Å². The number of benzene rings is 3. The molecule has 0 spiro atoms. The smallest absolute Gasteiger partial charge is 0.162 e. The molecule has 0 bridgehead atoms. The van der Waals surface area contributed by atoms with Crippen LogP contribution in [0.15, 0.2) is 60.7 Å². The lowest BCUT2D eigenvalue weighted by atomic mass is 10.0. The molecule has 0 N–H and O–H groups in total.